The van der Waals surface area contributed by atoms with Crippen molar-refractivity contribution in [1.82, 2.24) is 9.80 Å². The van der Waals surface area contributed by atoms with Crippen molar-refractivity contribution in [3.63, 3.8) is 0 Å². The standard InChI is InChI=1S/2C7H13NO.ClH/c2*9-7-5-8-3-1-6(7)2-4-8;/h2*6-7,9H,1-5H2;1H/t2*7-;/m00./s1. The summed E-state index contributed by atoms with van der Waals surface area (Å²) in [6.45, 7) is 6.77. The third kappa shape index (κ3) is 3.61. The molecule has 0 aliphatic carbocycles. The predicted molar refractivity (Wildman–Crippen MR) is 77.6 cm³/mol. The van der Waals surface area contributed by atoms with Gasteiger partial charge in [-0.05, 0) is 63.7 Å². The second-order valence-electron chi connectivity index (χ2n) is 6.41. The summed E-state index contributed by atoms with van der Waals surface area (Å²) in [5, 5.41) is 18.7. The van der Waals surface area contributed by atoms with E-state index in [0.29, 0.717) is 11.8 Å². The molecule has 4 nitrogen and oxygen atoms in total. The van der Waals surface area contributed by atoms with E-state index in [-0.39, 0.29) is 24.6 Å². The average Bonchev–Trinajstić information content (AvgIpc) is 2.41. The van der Waals surface area contributed by atoms with E-state index in [0.717, 1.165) is 13.1 Å². The molecule has 6 aliphatic rings. The van der Waals surface area contributed by atoms with Crippen LogP contribution in [0.25, 0.3) is 0 Å². The van der Waals surface area contributed by atoms with Crippen LogP contribution in [0.5, 0.6) is 0 Å². The van der Waals surface area contributed by atoms with Gasteiger partial charge in [0.1, 0.15) is 0 Å². The molecule has 4 bridgehead atoms. The summed E-state index contributed by atoms with van der Waals surface area (Å²) in [5.74, 6) is 1.27. The highest BCUT2D eigenvalue weighted by Crippen LogP contribution is 2.27. The number of nitrogens with zero attached hydrogens (tertiary/aromatic N) is 2. The maximum Gasteiger partial charge on any atom is 0.0696 e. The molecule has 0 saturated carbocycles. The molecule has 2 N–H and O–H groups in total. The largest absolute Gasteiger partial charge is 0.392 e. The molecular weight excluding hydrogens is 264 g/mol. The van der Waals surface area contributed by atoms with E-state index in [4.69, 9.17) is 0 Å². The Hall–Kier alpha value is 0.130. The molecule has 112 valence electrons. The molecule has 2 atom stereocenters. The van der Waals surface area contributed by atoms with Gasteiger partial charge in [0.15, 0.2) is 0 Å². The van der Waals surface area contributed by atoms with E-state index in [1.807, 2.05) is 0 Å². The SMILES string of the molecule is Cl.O[C@H]1CN2CCC1CC2.O[C@H]1CN2CCC1CC2. The van der Waals surface area contributed by atoms with Gasteiger partial charge in [-0.25, -0.2) is 0 Å². The summed E-state index contributed by atoms with van der Waals surface area (Å²) in [7, 11) is 0. The highest BCUT2D eigenvalue weighted by Gasteiger charge is 2.33. The molecule has 6 rings (SSSR count). The fourth-order valence-corrected chi connectivity index (χ4v) is 3.87. The maximum absolute atomic E-state index is 9.36. The zero-order valence-corrected chi connectivity index (χ0v) is 12.4. The summed E-state index contributed by atoms with van der Waals surface area (Å²) in [6, 6.07) is 0. The third-order valence-electron chi connectivity index (χ3n) is 5.24. The molecule has 6 aliphatic heterocycles. The number of hydrogen-bond acceptors (Lipinski definition) is 4. The summed E-state index contributed by atoms with van der Waals surface area (Å²) < 4.78 is 0. The quantitative estimate of drug-likeness (QED) is 0.685. The number of piperidine rings is 6. The topological polar surface area (TPSA) is 46.9 Å². The van der Waals surface area contributed by atoms with Crippen LogP contribution in [-0.4, -0.2) is 71.5 Å². The Kier molecular flexibility index (Phi) is 5.49. The third-order valence-corrected chi connectivity index (χ3v) is 5.24. The Labute approximate surface area is 122 Å². The molecule has 0 aromatic heterocycles. The minimum Gasteiger partial charge on any atom is -0.392 e. The maximum atomic E-state index is 9.36. The normalized spacial score (nSPS) is 47.1. The fourth-order valence-electron chi connectivity index (χ4n) is 3.87. The van der Waals surface area contributed by atoms with Crippen LogP contribution < -0.4 is 0 Å². The van der Waals surface area contributed by atoms with Gasteiger partial charge in [0.25, 0.3) is 0 Å². The van der Waals surface area contributed by atoms with E-state index in [1.54, 1.807) is 0 Å². The number of halogens is 1. The number of aliphatic hydroxyl groups excluding tert-OH is 2. The highest BCUT2D eigenvalue weighted by atomic mass is 35.5. The first kappa shape index (κ1) is 15.5. The lowest BCUT2D eigenvalue weighted by molar-refractivity contribution is -0.0228. The van der Waals surface area contributed by atoms with Crippen LogP contribution >= 0.6 is 12.4 Å². The Morgan fingerprint density at radius 1 is 0.632 bits per heavy atom. The molecule has 6 fully saturated rings. The van der Waals surface area contributed by atoms with E-state index in [2.05, 4.69) is 9.80 Å². The van der Waals surface area contributed by atoms with Crippen LogP contribution in [-0.2, 0) is 0 Å². The van der Waals surface area contributed by atoms with Crippen molar-refractivity contribution in [2.45, 2.75) is 37.9 Å². The molecule has 0 unspecified atom stereocenters. The van der Waals surface area contributed by atoms with Gasteiger partial charge in [0.05, 0.1) is 12.2 Å². The van der Waals surface area contributed by atoms with Crippen LogP contribution in [0.15, 0.2) is 0 Å². The molecular formula is C14H27ClN2O2. The lowest BCUT2D eigenvalue weighted by Crippen LogP contribution is -2.50. The van der Waals surface area contributed by atoms with Crippen LogP contribution in [0, 0.1) is 11.8 Å². The molecule has 0 radical (unpaired) electrons. The zero-order valence-electron chi connectivity index (χ0n) is 11.6. The van der Waals surface area contributed by atoms with Crippen LogP contribution in [0.3, 0.4) is 0 Å². The number of aliphatic hydroxyl groups is 2. The van der Waals surface area contributed by atoms with Gasteiger partial charge >= 0.3 is 0 Å². The molecule has 0 aromatic rings. The van der Waals surface area contributed by atoms with Gasteiger partial charge in [0.2, 0.25) is 0 Å². The van der Waals surface area contributed by atoms with E-state index < -0.39 is 0 Å². The fraction of sp³-hybridized carbons (Fsp3) is 1.00. The molecule has 0 aromatic carbocycles. The van der Waals surface area contributed by atoms with Crippen LogP contribution in [0.1, 0.15) is 25.7 Å². The van der Waals surface area contributed by atoms with Gasteiger partial charge in [0, 0.05) is 13.1 Å². The molecule has 19 heavy (non-hydrogen) atoms. The molecule has 6 saturated heterocycles. The van der Waals surface area contributed by atoms with Crippen LogP contribution in [0.2, 0.25) is 0 Å². The van der Waals surface area contributed by atoms with Crippen molar-refractivity contribution in [2.75, 3.05) is 39.3 Å². The predicted octanol–water partition coefficient (Wildman–Crippen LogP) is 0.568. The summed E-state index contributed by atoms with van der Waals surface area (Å²) in [6.07, 6.45) is 4.88. The minimum atomic E-state index is -0.00694. The second kappa shape index (κ2) is 6.72. The zero-order chi connectivity index (χ0) is 12.5. The number of fused-ring (bicyclic) bond motifs is 6. The summed E-state index contributed by atoms with van der Waals surface area (Å²) in [4.78, 5) is 4.70. The number of rotatable bonds is 0. The summed E-state index contributed by atoms with van der Waals surface area (Å²) in [5.41, 5.74) is 0. The first-order valence-corrected chi connectivity index (χ1v) is 7.53. The Morgan fingerprint density at radius 2 is 0.947 bits per heavy atom. The molecule has 5 heteroatoms. The Morgan fingerprint density at radius 3 is 1.05 bits per heavy atom. The van der Waals surface area contributed by atoms with Gasteiger partial charge in [-0.3, -0.25) is 0 Å². The summed E-state index contributed by atoms with van der Waals surface area (Å²) >= 11 is 0. The second-order valence-corrected chi connectivity index (χ2v) is 6.41. The minimum absolute atomic E-state index is 0. The molecule has 6 heterocycles. The van der Waals surface area contributed by atoms with Gasteiger partial charge in [-0.1, -0.05) is 0 Å². The van der Waals surface area contributed by atoms with E-state index >= 15 is 0 Å². The van der Waals surface area contributed by atoms with Gasteiger partial charge in [-0.2, -0.15) is 0 Å². The Balaban J connectivity index is 0.000000133. The number of hydrogen-bond donors (Lipinski definition) is 2. The smallest absolute Gasteiger partial charge is 0.0696 e. The highest BCUT2D eigenvalue weighted by molar-refractivity contribution is 5.85. The van der Waals surface area contributed by atoms with Crippen molar-refractivity contribution in [3.8, 4) is 0 Å². The van der Waals surface area contributed by atoms with Crippen molar-refractivity contribution >= 4 is 12.4 Å². The lowest BCUT2D eigenvalue weighted by Gasteiger charge is -2.42. The lowest BCUT2D eigenvalue weighted by atomic mass is 9.86. The Bertz CT molecular complexity index is 249. The molecule has 0 spiro atoms. The van der Waals surface area contributed by atoms with Crippen molar-refractivity contribution < 1.29 is 10.2 Å². The van der Waals surface area contributed by atoms with Gasteiger partial charge in [-0.15, -0.1) is 12.4 Å². The van der Waals surface area contributed by atoms with Gasteiger partial charge < -0.3 is 20.0 Å². The van der Waals surface area contributed by atoms with E-state index in [9.17, 15) is 10.2 Å². The molecule has 0 amide bonds. The van der Waals surface area contributed by atoms with Crippen LogP contribution in [0.4, 0.5) is 0 Å². The van der Waals surface area contributed by atoms with Crippen molar-refractivity contribution in [2.24, 2.45) is 11.8 Å². The first-order valence-electron chi connectivity index (χ1n) is 7.53. The van der Waals surface area contributed by atoms with Crippen molar-refractivity contribution in [3.05, 3.63) is 0 Å². The first-order chi connectivity index (χ1) is 8.72. The van der Waals surface area contributed by atoms with Crippen molar-refractivity contribution in [1.29, 1.82) is 0 Å². The van der Waals surface area contributed by atoms with E-state index in [1.165, 1.54) is 51.9 Å². The monoisotopic (exact) mass is 290 g/mol. The average molecular weight is 291 g/mol.